The number of hydrogen-bond acceptors (Lipinski definition) is 2. The Balaban J connectivity index is 2.50. The van der Waals surface area contributed by atoms with E-state index in [1.165, 1.54) is 6.07 Å². The molecule has 1 N–H and O–H groups in total. The molecule has 0 saturated heterocycles. The average Bonchev–Trinajstić information content (AvgIpc) is 2.54. The Morgan fingerprint density at radius 1 is 1.44 bits per heavy atom. The fraction of sp³-hybridized carbons (Fsp3) is 0.333. The summed E-state index contributed by atoms with van der Waals surface area (Å²) >= 11 is 3.18. The van der Waals surface area contributed by atoms with E-state index in [1.807, 2.05) is 13.8 Å². The summed E-state index contributed by atoms with van der Waals surface area (Å²) in [5.74, 6) is 0.575. The third-order valence-corrected chi connectivity index (χ3v) is 3.22. The molecule has 1 aromatic carbocycles. The van der Waals surface area contributed by atoms with Gasteiger partial charge in [0, 0.05) is 11.5 Å². The van der Waals surface area contributed by atoms with E-state index < -0.39 is 0 Å². The van der Waals surface area contributed by atoms with Gasteiger partial charge in [-0.25, -0.2) is 4.39 Å². The third-order valence-electron chi connectivity index (χ3n) is 2.61. The van der Waals surface area contributed by atoms with Crippen molar-refractivity contribution >= 4 is 26.9 Å². The van der Waals surface area contributed by atoms with Gasteiger partial charge in [0.2, 0.25) is 0 Å². The fourth-order valence-corrected chi connectivity index (χ4v) is 2.02. The van der Waals surface area contributed by atoms with Crippen molar-refractivity contribution in [2.45, 2.75) is 20.4 Å². The van der Waals surface area contributed by atoms with E-state index in [0.29, 0.717) is 16.6 Å². The molecule has 0 unspecified atom stereocenters. The molecule has 16 heavy (non-hydrogen) atoms. The number of benzene rings is 1. The summed E-state index contributed by atoms with van der Waals surface area (Å²) in [5, 5.41) is 4.16. The lowest BCUT2D eigenvalue weighted by Gasteiger charge is -1.97. The standard InChI is InChI=1S/C12H13BrFNO/c1-3-15-6-12-7(2)8-4-9(13)10(14)5-11(8)16-12/h4-5,15H,3,6H2,1-2H3. The van der Waals surface area contributed by atoms with Gasteiger partial charge in [0.25, 0.3) is 0 Å². The number of hydrogen-bond donors (Lipinski definition) is 1. The predicted molar refractivity (Wildman–Crippen MR) is 66.0 cm³/mol. The lowest BCUT2D eigenvalue weighted by atomic mass is 10.1. The highest BCUT2D eigenvalue weighted by Crippen LogP contribution is 2.29. The van der Waals surface area contributed by atoms with Crippen LogP contribution in [0.2, 0.25) is 0 Å². The number of nitrogens with one attached hydrogen (secondary N) is 1. The van der Waals surface area contributed by atoms with Crippen LogP contribution in [0.15, 0.2) is 21.0 Å². The first-order valence-corrected chi connectivity index (χ1v) is 6.00. The van der Waals surface area contributed by atoms with E-state index >= 15 is 0 Å². The minimum absolute atomic E-state index is 0.295. The smallest absolute Gasteiger partial charge is 0.141 e. The molecular formula is C12H13BrFNO. The van der Waals surface area contributed by atoms with Crippen molar-refractivity contribution < 1.29 is 8.81 Å². The Morgan fingerprint density at radius 3 is 2.88 bits per heavy atom. The highest BCUT2D eigenvalue weighted by molar-refractivity contribution is 9.10. The normalized spacial score (nSPS) is 11.2. The van der Waals surface area contributed by atoms with Gasteiger partial charge in [0.05, 0.1) is 11.0 Å². The zero-order valence-corrected chi connectivity index (χ0v) is 10.8. The van der Waals surface area contributed by atoms with Gasteiger partial charge in [-0.2, -0.15) is 0 Å². The fourth-order valence-electron chi connectivity index (χ4n) is 1.67. The van der Waals surface area contributed by atoms with Crippen molar-refractivity contribution in [1.29, 1.82) is 0 Å². The molecule has 86 valence electrons. The average molecular weight is 286 g/mol. The van der Waals surface area contributed by atoms with Crippen molar-refractivity contribution in [3.05, 3.63) is 33.7 Å². The van der Waals surface area contributed by atoms with Crippen LogP contribution in [0.3, 0.4) is 0 Å². The predicted octanol–water partition coefficient (Wildman–Crippen LogP) is 3.75. The summed E-state index contributed by atoms with van der Waals surface area (Å²) in [4.78, 5) is 0. The summed E-state index contributed by atoms with van der Waals surface area (Å²) in [6.45, 7) is 5.59. The summed E-state index contributed by atoms with van der Waals surface area (Å²) in [6.07, 6.45) is 0. The van der Waals surface area contributed by atoms with Crippen molar-refractivity contribution in [2.75, 3.05) is 6.54 Å². The molecule has 0 aliphatic rings. The molecule has 1 aromatic heterocycles. The summed E-state index contributed by atoms with van der Waals surface area (Å²) in [6, 6.07) is 3.18. The lowest BCUT2D eigenvalue weighted by molar-refractivity contribution is 0.513. The Hall–Kier alpha value is -0.870. The monoisotopic (exact) mass is 285 g/mol. The number of fused-ring (bicyclic) bond motifs is 1. The minimum Gasteiger partial charge on any atom is -0.459 e. The third kappa shape index (κ3) is 1.99. The topological polar surface area (TPSA) is 25.2 Å². The van der Waals surface area contributed by atoms with Crippen molar-refractivity contribution in [3.8, 4) is 0 Å². The van der Waals surface area contributed by atoms with E-state index in [-0.39, 0.29) is 5.82 Å². The van der Waals surface area contributed by atoms with Crippen LogP contribution in [-0.2, 0) is 6.54 Å². The molecule has 2 aromatic rings. The molecule has 0 spiro atoms. The van der Waals surface area contributed by atoms with Gasteiger partial charge in [-0.3, -0.25) is 0 Å². The van der Waals surface area contributed by atoms with Crippen LogP contribution in [0.1, 0.15) is 18.2 Å². The van der Waals surface area contributed by atoms with Crippen LogP contribution in [0.4, 0.5) is 4.39 Å². The van der Waals surface area contributed by atoms with Crippen LogP contribution in [0.5, 0.6) is 0 Å². The van der Waals surface area contributed by atoms with Gasteiger partial charge in [0.15, 0.2) is 0 Å². The number of furan rings is 1. The van der Waals surface area contributed by atoms with Crippen LogP contribution in [0.25, 0.3) is 11.0 Å². The van der Waals surface area contributed by atoms with Gasteiger partial charge in [0.1, 0.15) is 17.2 Å². The van der Waals surface area contributed by atoms with E-state index in [2.05, 4.69) is 21.2 Å². The Bertz CT molecular complexity index is 521. The first kappa shape index (κ1) is 11.6. The molecular weight excluding hydrogens is 273 g/mol. The van der Waals surface area contributed by atoms with Gasteiger partial charge in [-0.15, -0.1) is 0 Å². The minimum atomic E-state index is -0.295. The quantitative estimate of drug-likeness (QED) is 0.929. The van der Waals surface area contributed by atoms with Crippen LogP contribution < -0.4 is 5.32 Å². The van der Waals surface area contributed by atoms with Gasteiger partial charge in [-0.1, -0.05) is 6.92 Å². The lowest BCUT2D eigenvalue weighted by Crippen LogP contribution is -2.11. The molecule has 0 bridgehead atoms. The number of rotatable bonds is 3. The number of aryl methyl sites for hydroxylation is 1. The second-order valence-electron chi connectivity index (χ2n) is 3.69. The maximum atomic E-state index is 13.3. The first-order valence-electron chi connectivity index (χ1n) is 5.21. The Morgan fingerprint density at radius 2 is 2.19 bits per heavy atom. The van der Waals surface area contributed by atoms with Crippen LogP contribution in [0, 0.1) is 12.7 Å². The molecule has 0 amide bonds. The van der Waals surface area contributed by atoms with Crippen LogP contribution >= 0.6 is 15.9 Å². The molecule has 0 aliphatic heterocycles. The zero-order valence-electron chi connectivity index (χ0n) is 9.23. The van der Waals surface area contributed by atoms with Gasteiger partial charge >= 0.3 is 0 Å². The van der Waals surface area contributed by atoms with Crippen molar-refractivity contribution in [3.63, 3.8) is 0 Å². The molecule has 0 fully saturated rings. The molecule has 0 atom stereocenters. The van der Waals surface area contributed by atoms with E-state index in [0.717, 1.165) is 23.3 Å². The van der Waals surface area contributed by atoms with E-state index in [9.17, 15) is 4.39 Å². The van der Waals surface area contributed by atoms with E-state index in [1.54, 1.807) is 6.07 Å². The number of halogens is 2. The van der Waals surface area contributed by atoms with Gasteiger partial charge in [-0.05, 0) is 41.0 Å². The van der Waals surface area contributed by atoms with Gasteiger partial charge < -0.3 is 9.73 Å². The zero-order chi connectivity index (χ0) is 11.7. The van der Waals surface area contributed by atoms with E-state index in [4.69, 9.17) is 4.42 Å². The highest BCUT2D eigenvalue weighted by Gasteiger charge is 2.12. The molecule has 4 heteroatoms. The molecule has 2 rings (SSSR count). The maximum absolute atomic E-state index is 13.3. The largest absolute Gasteiger partial charge is 0.459 e. The molecule has 1 heterocycles. The molecule has 2 nitrogen and oxygen atoms in total. The molecule has 0 radical (unpaired) electrons. The molecule has 0 aliphatic carbocycles. The van der Waals surface area contributed by atoms with Crippen molar-refractivity contribution in [1.82, 2.24) is 5.32 Å². The molecule has 0 saturated carbocycles. The Kier molecular flexibility index (Phi) is 3.30. The second-order valence-corrected chi connectivity index (χ2v) is 4.55. The summed E-state index contributed by atoms with van der Waals surface area (Å²) < 4.78 is 19.4. The second kappa shape index (κ2) is 4.55. The highest BCUT2D eigenvalue weighted by atomic mass is 79.9. The summed E-state index contributed by atoms with van der Waals surface area (Å²) in [7, 11) is 0. The SMILES string of the molecule is CCNCc1oc2cc(F)c(Br)cc2c1C. The first-order chi connectivity index (χ1) is 7.63. The Labute approximate surface area is 102 Å². The van der Waals surface area contributed by atoms with Crippen LogP contribution in [-0.4, -0.2) is 6.54 Å². The maximum Gasteiger partial charge on any atom is 0.141 e. The summed E-state index contributed by atoms with van der Waals surface area (Å²) in [5.41, 5.74) is 1.67. The van der Waals surface area contributed by atoms with Crippen molar-refractivity contribution in [2.24, 2.45) is 0 Å².